The maximum absolute atomic E-state index is 11.7. The summed E-state index contributed by atoms with van der Waals surface area (Å²) in [6.07, 6.45) is 2.13. The highest BCUT2D eigenvalue weighted by atomic mass is 35.5. The van der Waals surface area contributed by atoms with Crippen molar-refractivity contribution in [3.05, 3.63) is 29.8 Å². The van der Waals surface area contributed by atoms with Gasteiger partial charge in [0.2, 0.25) is 5.91 Å². The van der Waals surface area contributed by atoms with Gasteiger partial charge in [0, 0.05) is 13.0 Å². The molecule has 3 nitrogen and oxygen atoms in total. The molecule has 0 aliphatic rings. The molecule has 0 bridgehead atoms. The van der Waals surface area contributed by atoms with Crippen LogP contribution < -0.4 is 10.1 Å². The Morgan fingerprint density at radius 1 is 1.30 bits per heavy atom. The summed E-state index contributed by atoms with van der Waals surface area (Å²) in [4.78, 5) is 11.7. The van der Waals surface area contributed by atoms with E-state index in [0.29, 0.717) is 18.9 Å². The van der Waals surface area contributed by atoms with Gasteiger partial charge >= 0.3 is 0 Å². The van der Waals surface area contributed by atoms with Crippen molar-refractivity contribution in [2.75, 3.05) is 13.7 Å². The zero-order chi connectivity index (χ0) is 15.0. The summed E-state index contributed by atoms with van der Waals surface area (Å²) in [6.45, 7) is 4.79. The van der Waals surface area contributed by atoms with E-state index in [2.05, 4.69) is 19.2 Å². The van der Waals surface area contributed by atoms with Crippen molar-refractivity contribution in [1.29, 1.82) is 0 Å². The van der Waals surface area contributed by atoms with Crippen molar-refractivity contribution in [2.24, 2.45) is 5.92 Å². The molecule has 4 heteroatoms. The molecule has 0 saturated carbocycles. The van der Waals surface area contributed by atoms with E-state index in [0.717, 1.165) is 24.2 Å². The third-order valence-electron chi connectivity index (χ3n) is 3.05. The van der Waals surface area contributed by atoms with Gasteiger partial charge in [-0.05, 0) is 36.5 Å². The first-order chi connectivity index (χ1) is 9.51. The molecule has 1 N–H and O–H groups in total. The largest absolute Gasteiger partial charge is 0.497 e. The SMILES string of the molecule is COc1ccc(CCC(=O)NCC(Cl)CC(C)C)cc1. The minimum absolute atomic E-state index is 0.0138. The van der Waals surface area contributed by atoms with E-state index in [-0.39, 0.29) is 11.3 Å². The minimum Gasteiger partial charge on any atom is -0.497 e. The number of carbonyl (C=O) groups is 1. The average molecular weight is 298 g/mol. The number of methoxy groups -OCH3 is 1. The predicted octanol–water partition coefficient (Wildman–Crippen LogP) is 3.40. The second kappa shape index (κ2) is 8.85. The molecule has 0 aromatic heterocycles. The lowest BCUT2D eigenvalue weighted by atomic mass is 10.1. The third kappa shape index (κ3) is 6.80. The van der Waals surface area contributed by atoms with E-state index in [9.17, 15) is 4.79 Å². The lowest BCUT2D eigenvalue weighted by Crippen LogP contribution is -2.30. The highest BCUT2D eigenvalue weighted by Gasteiger charge is 2.09. The van der Waals surface area contributed by atoms with Crippen LogP contribution in [-0.2, 0) is 11.2 Å². The molecule has 0 radical (unpaired) electrons. The fraction of sp³-hybridized carbons (Fsp3) is 0.562. The van der Waals surface area contributed by atoms with Gasteiger partial charge in [-0.25, -0.2) is 0 Å². The summed E-state index contributed by atoms with van der Waals surface area (Å²) in [5.74, 6) is 1.43. The monoisotopic (exact) mass is 297 g/mol. The molecule has 1 rings (SSSR count). The predicted molar refractivity (Wildman–Crippen MR) is 83.4 cm³/mol. The Morgan fingerprint density at radius 3 is 2.50 bits per heavy atom. The van der Waals surface area contributed by atoms with Gasteiger partial charge in [0.05, 0.1) is 12.5 Å². The molecule has 0 heterocycles. The van der Waals surface area contributed by atoms with Gasteiger partial charge in [0.1, 0.15) is 5.75 Å². The molecule has 1 unspecified atom stereocenters. The Balaban J connectivity index is 2.25. The van der Waals surface area contributed by atoms with Gasteiger partial charge in [-0.15, -0.1) is 11.6 Å². The summed E-state index contributed by atoms with van der Waals surface area (Å²) >= 11 is 6.14. The summed E-state index contributed by atoms with van der Waals surface area (Å²) in [6, 6.07) is 7.78. The lowest BCUT2D eigenvalue weighted by molar-refractivity contribution is -0.121. The molecule has 0 aliphatic carbocycles. The summed E-state index contributed by atoms with van der Waals surface area (Å²) in [5.41, 5.74) is 1.13. The highest BCUT2D eigenvalue weighted by molar-refractivity contribution is 6.20. The van der Waals surface area contributed by atoms with Crippen LogP contribution in [0.25, 0.3) is 0 Å². The second-order valence-electron chi connectivity index (χ2n) is 5.38. The Bertz CT molecular complexity index is 403. The smallest absolute Gasteiger partial charge is 0.220 e. The Labute approximate surface area is 126 Å². The van der Waals surface area contributed by atoms with Crippen LogP contribution in [0.3, 0.4) is 0 Å². The van der Waals surface area contributed by atoms with E-state index < -0.39 is 0 Å². The zero-order valence-electron chi connectivity index (χ0n) is 12.5. The number of halogens is 1. The van der Waals surface area contributed by atoms with Crippen LogP contribution in [0.5, 0.6) is 5.75 Å². The molecule has 112 valence electrons. The number of carbonyl (C=O) groups excluding carboxylic acids is 1. The van der Waals surface area contributed by atoms with Crippen molar-refractivity contribution in [3.63, 3.8) is 0 Å². The van der Waals surface area contributed by atoms with Crippen LogP contribution in [0.1, 0.15) is 32.3 Å². The molecule has 1 aromatic rings. The highest BCUT2D eigenvalue weighted by Crippen LogP contribution is 2.13. The van der Waals surface area contributed by atoms with E-state index >= 15 is 0 Å². The van der Waals surface area contributed by atoms with Gasteiger partial charge in [-0.1, -0.05) is 26.0 Å². The summed E-state index contributed by atoms with van der Waals surface area (Å²) in [5, 5.41) is 2.90. The topological polar surface area (TPSA) is 38.3 Å². The molecule has 1 amide bonds. The molecule has 0 spiro atoms. The van der Waals surface area contributed by atoms with Crippen molar-refractivity contribution < 1.29 is 9.53 Å². The Hall–Kier alpha value is -1.22. The van der Waals surface area contributed by atoms with Crippen molar-refractivity contribution in [2.45, 2.75) is 38.5 Å². The standard InChI is InChI=1S/C16H24ClNO2/c1-12(2)10-14(17)11-18-16(19)9-6-13-4-7-15(20-3)8-5-13/h4-5,7-8,12,14H,6,9-11H2,1-3H3,(H,18,19). The van der Waals surface area contributed by atoms with Crippen LogP contribution in [-0.4, -0.2) is 24.9 Å². The minimum atomic E-state index is 0.0138. The van der Waals surface area contributed by atoms with Gasteiger partial charge in [-0.3, -0.25) is 4.79 Å². The second-order valence-corrected chi connectivity index (χ2v) is 6.00. The number of amides is 1. The average Bonchev–Trinajstić information content (AvgIpc) is 2.42. The van der Waals surface area contributed by atoms with Crippen molar-refractivity contribution in [3.8, 4) is 5.75 Å². The molecule has 0 saturated heterocycles. The zero-order valence-corrected chi connectivity index (χ0v) is 13.2. The number of benzene rings is 1. The molecular formula is C16H24ClNO2. The number of ether oxygens (including phenoxy) is 1. The Morgan fingerprint density at radius 2 is 1.95 bits per heavy atom. The van der Waals surface area contributed by atoms with Crippen LogP contribution in [0.4, 0.5) is 0 Å². The number of hydrogen-bond donors (Lipinski definition) is 1. The number of rotatable bonds is 8. The van der Waals surface area contributed by atoms with E-state index in [1.54, 1.807) is 7.11 Å². The van der Waals surface area contributed by atoms with Crippen molar-refractivity contribution in [1.82, 2.24) is 5.32 Å². The maximum Gasteiger partial charge on any atom is 0.220 e. The summed E-state index contributed by atoms with van der Waals surface area (Å²) in [7, 11) is 1.64. The van der Waals surface area contributed by atoms with Gasteiger partial charge in [0.25, 0.3) is 0 Å². The lowest BCUT2D eigenvalue weighted by Gasteiger charge is -2.13. The molecule has 0 aliphatic heterocycles. The Kier molecular flexibility index (Phi) is 7.45. The maximum atomic E-state index is 11.7. The fourth-order valence-corrected chi connectivity index (χ4v) is 2.39. The van der Waals surface area contributed by atoms with Crippen LogP contribution in [0, 0.1) is 5.92 Å². The van der Waals surface area contributed by atoms with Crippen LogP contribution >= 0.6 is 11.6 Å². The van der Waals surface area contributed by atoms with Gasteiger partial charge in [0.15, 0.2) is 0 Å². The fourth-order valence-electron chi connectivity index (χ4n) is 1.96. The van der Waals surface area contributed by atoms with Gasteiger partial charge in [-0.2, -0.15) is 0 Å². The molecule has 20 heavy (non-hydrogen) atoms. The first-order valence-electron chi connectivity index (χ1n) is 7.05. The number of nitrogens with one attached hydrogen (secondary N) is 1. The molecule has 0 fully saturated rings. The molecular weight excluding hydrogens is 274 g/mol. The number of alkyl halides is 1. The van der Waals surface area contributed by atoms with E-state index in [1.807, 2.05) is 24.3 Å². The molecule has 1 atom stereocenters. The van der Waals surface area contributed by atoms with Crippen LogP contribution in [0.15, 0.2) is 24.3 Å². The molecule has 1 aromatic carbocycles. The quantitative estimate of drug-likeness (QED) is 0.747. The summed E-state index contributed by atoms with van der Waals surface area (Å²) < 4.78 is 5.10. The van der Waals surface area contributed by atoms with Crippen molar-refractivity contribution >= 4 is 17.5 Å². The number of aryl methyl sites for hydroxylation is 1. The normalized spacial score (nSPS) is 12.2. The van der Waals surface area contributed by atoms with E-state index in [4.69, 9.17) is 16.3 Å². The van der Waals surface area contributed by atoms with E-state index in [1.165, 1.54) is 0 Å². The number of hydrogen-bond acceptors (Lipinski definition) is 2. The van der Waals surface area contributed by atoms with Crippen LogP contribution in [0.2, 0.25) is 0 Å². The first kappa shape index (κ1) is 16.8. The third-order valence-corrected chi connectivity index (χ3v) is 3.38. The first-order valence-corrected chi connectivity index (χ1v) is 7.48. The van der Waals surface area contributed by atoms with Gasteiger partial charge < -0.3 is 10.1 Å².